The number of ether oxygens (including phenoxy) is 2. The number of carbonyl (C=O) groups is 2. The van der Waals surface area contributed by atoms with E-state index in [1.54, 1.807) is 0 Å². The fourth-order valence-electron chi connectivity index (χ4n) is 5.48. The first-order chi connectivity index (χ1) is 27.7. The third kappa shape index (κ3) is 41.4. The smallest absolute Gasteiger partial charge is 0.462 e. The Kier molecular flexibility index (Phi) is 39.7. The van der Waals surface area contributed by atoms with Crippen molar-refractivity contribution in [1.82, 2.24) is 0 Å². The molecule has 0 radical (unpaired) electrons. The van der Waals surface area contributed by atoms with Gasteiger partial charge in [0.2, 0.25) is 0 Å². The van der Waals surface area contributed by atoms with Crippen molar-refractivity contribution in [1.29, 1.82) is 0 Å². The van der Waals surface area contributed by atoms with E-state index < -0.39 is 51.8 Å². The summed E-state index contributed by atoms with van der Waals surface area (Å²) in [5.41, 5.74) is 0. The molecule has 0 spiro atoms. The first kappa shape index (κ1) is 54.4. The van der Waals surface area contributed by atoms with E-state index in [-0.39, 0.29) is 19.4 Å². The van der Waals surface area contributed by atoms with Crippen LogP contribution in [0.4, 0.5) is 0 Å². The third-order valence-electron chi connectivity index (χ3n) is 8.84. The minimum absolute atomic E-state index is 0.163. The molecule has 0 bridgehead atoms. The van der Waals surface area contributed by atoms with Crippen LogP contribution in [0.3, 0.4) is 0 Å². The Labute approximate surface area is 346 Å². The van der Waals surface area contributed by atoms with Gasteiger partial charge in [0.15, 0.2) is 6.10 Å². The largest absolute Gasteiger partial charge is 0.472 e. The monoisotopic (exact) mass is 823 g/mol. The molecule has 0 fully saturated rings. The fraction of sp³-hybridized carbons (Fsp3) is 0.696. The summed E-state index contributed by atoms with van der Waals surface area (Å²) in [4.78, 5) is 35.0. The van der Waals surface area contributed by atoms with Gasteiger partial charge < -0.3 is 24.6 Å². The van der Waals surface area contributed by atoms with Crippen LogP contribution in [-0.4, -0.2) is 65.7 Å². The SMILES string of the molecule is CC/C=C/C/C=C/C/C=C/C/C=C/C/C=C/CCCCCC(=O)OC[C@H](COP(=O)(O)OC[C@@H](O)CO)OC(=O)CCCCCCC/C=C/CCCCCCCC. The third-order valence-corrected chi connectivity index (χ3v) is 9.80. The van der Waals surface area contributed by atoms with Gasteiger partial charge in [-0.2, -0.15) is 0 Å². The number of esters is 2. The van der Waals surface area contributed by atoms with E-state index in [2.05, 4.69) is 91.3 Å². The van der Waals surface area contributed by atoms with Crippen molar-refractivity contribution in [2.45, 2.75) is 180 Å². The summed E-state index contributed by atoms with van der Waals surface area (Å²) in [7, 11) is -4.63. The van der Waals surface area contributed by atoms with Crippen molar-refractivity contribution in [3.63, 3.8) is 0 Å². The molecule has 0 aromatic rings. The molecule has 0 aliphatic heterocycles. The van der Waals surface area contributed by atoms with E-state index in [4.69, 9.17) is 19.1 Å². The lowest BCUT2D eigenvalue weighted by Gasteiger charge is -2.20. The van der Waals surface area contributed by atoms with E-state index in [9.17, 15) is 24.2 Å². The molecule has 0 aromatic heterocycles. The molecule has 0 aliphatic carbocycles. The van der Waals surface area contributed by atoms with E-state index in [0.29, 0.717) is 12.8 Å². The normalized spacial score (nSPS) is 14.5. The average molecular weight is 823 g/mol. The van der Waals surface area contributed by atoms with Gasteiger partial charge in [0, 0.05) is 12.8 Å². The van der Waals surface area contributed by atoms with E-state index in [1.165, 1.54) is 38.5 Å². The van der Waals surface area contributed by atoms with Crippen LogP contribution in [0.2, 0.25) is 0 Å². The van der Waals surface area contributed by atoms with Crippen LogP contribution in [0.5, 0.6) is 0 Å². The number of phosphoric ester groups is 1. The van der Waals surface area contributed by atoms with Crippen LogP contribution >= 0.6 is 7.82 Å². The Morgan fingerprint density at radius 2 is 0.965 bits per heavy atom. The van der Waals surface area contributed by atoms with Crippen molar-refractivity contribution >= 4 is 19.8 Å². The number of rotatable bonds is 40. The quantitative estimate of drug-likeness (QED) is 0.0236. The lowest BCUT2D eigenvalue weighted by molar-refractivity contribution is -0.161. The second-order valence-corrected chi connectivity index (χ2v) is 15.8. The molecule has 1 unspecified atom stereocenters. The number of carbonyl (C=O) groups excluding carboxylic acids is 2. The molecule has 0 saturated carbocycles. The summed E-state index contributed by atoms with van der Waals surface area (Å²) in [6.07, 6.45) is 47.2. The second kappa shape index (κ2) is 41.6. The zero-order valence-electron chi connectivity index (χ0n) is 35.5. The van der Waals surface area contributed by atoms with Gasteiger partial charge in [-0.25, -0.2) is 4.57 Å². The summed E-state index contributed by atoms with van der Waals surface area (Å²) >= 11 is 0. The highest BCUT2D eigenvalue weighted by molar-refractivity contribution is 7.47. The molecule has 0 amide bonds. The van der Waals surface area contributed by atoms with E-state index in [0.717, 1.165) is 89.9 Å². The maximum absolute atomic E-state index is 12.6. The second-order valence-electron chi connectivity index (χ2n) is 14.3. The predicted octanol–water partition coefficient (Wildman–Crippen LogP) is 11.7. The molecule has 0 heterocycles. The number of aliphatic hydroxyl groups excluding tert-OH is 2. The van der Waals surface area contributed by atoms with Gasteiger partial charge in [-0.1, -0.05) is 145 Å². The number of phosphoric acid groups is 1. The molecule has 3 atom stereocenters. The summed E-state index contributed by atoms with van der Waals surface area (Å²) in [5, 5.41) is 18.3. The van der Waals surface area contributed by atoms with Crippen LogP contribution in [0.15, 0.2) is 72.9 Å². The van der Waals surface area contributed by atoms with Crippen molar-refractivity contribution in [3.05, 3.63) is 72.9 Å². The predicted molar refractivity (Wildman–Crippen MR) is 233 cm³/mol. The van der Waals surface area contributed by atoms with Gasteiger partial charge in [-0.15, -0.1) is 0 Å². The Morgan fingerprint density at radius 3 is 1.49 bits per heavy atom. The maximum Gasteiger partial charge on any atom is 0.472 e. The molecule has 11 heteroatoms. The number of hydrogen-bond donors (Lipinski definition) is 3. The molecule has 0 rings (SSSR count). The molecular weight excluding hydrogens is 743 g/mol. The van der Waals surface area contributed by atoms with Gasteiger partial charge in [-0.3, -0.25) is 18.6 Å². The number of allylic oxidation sites excluding steroid dienone is 12. The number of aliphatic hydroxyl groups is 2. The molecule has 0 saturated heterocycles. The average Bonchev–Trinajstić information content (AvgIpc) is 3.20. The van der Waals surface area contributed by atoms with Crippen molar-refractivity contribution in [3.8, 4) is 0 Å². The summed E-state index contributed by atoms with van der Waals surface area (Å²) in [5.74, 6) is -0.977. The van der Waals surface area contributed by atoms with Crippen LogP contribution in [0, 0.1) is 0 Å². The number of unbranched alkanes of at least 4 members (excludes halogenated alkanes) is 14. The maximum atomic E-state index is 12.6. The van der Waals surface area contributed by atoms with Crippen LogP contribution in [0.1, 0.15) is 168 Å². The highest BCUT2D eigenvalue weighted by Crippen LogP contribution is 2.43. The zero-order chi connectivity index (χ0) is 41.9. The van der Waals surface area contributed by atoms with Crippen LogP contribution < -0.4 is 0 Å². The summed E-state index contributed by atoms with van der Waals surface area (Å²) in [6.45, 7) is 2.20. The van der Waals surface area contributed by atoms with Gasteiger partial charge in [0.1, 0.15) is 12.7 Å². The van der Waals surface area contributed by atoms with Gasteiger partial charge in [-0.05, 0) is 83.5 Å². The Morgan fingerprint density at radius 1 is 0.544 bits per heavy atom. The number of hydrogen-bond acceptors (Lipinski definition) is 9. The first-order valence-electron chi connectivity index (χ1n) is 21.9. The van der Waals surface area contributed by atoms with Crippen LogP contribution in [-0.2, 0) is 32.7 Å². The molecule has 0 aliphatic rings. The molecule has 57 heavy (non-hydrogen) atoms. The molecule has 328 valence electrons. The minimum Gasteiger partial charge on any atom is -0.462 e. The highest BCUT2D eigenvalue weighted by Gasteiger charge is 2.27. The first-order valence-corrected chi connectivity index (χ1v) is 23.4. The topological polar surface area (TPSA) is 149 Å². The van der Waals surface area contributed by atoms with Gasteiger partial charge >= 0.3 is 19.8 Å². The highest BCUT2D eigenvalue weighted by atomic mass is 31.2. The molecule has 3 N–H and O–H groups in total. The Bertz CT molecular complexity index is 1180. The van der Waals surface area contributed by atoms with Crippen molar-refractivity contribution in [2.75, 3.05) is 26.4 Å². The lowest BCUT2D eigenvalue weighted by Crippen LogP contribution is -2.29. The Hall–Kier alpha value is -2.59. The van der Waals surface area contributed by atoms with Crippen molar-refractivity contribution < 1.29 is 47.8 Å². The summed E-state index contributed by atoms with van der Waals surface area (Å²) in [6, 6.07) is 0. The molecule has 0 aromatic carbocycles. The minimum atomic E-state index is -4.63. The van der Waals surface area contributed by atoms with E-state index in [1.807, 2.05) is 0 Å². The lowest BCUT2D eigenvalue weighted by atomic mass is 10.1. The van der Waals surface area contributed by atoms with Gasteiger partial charge in [0.05, 0.1) is 19.8 Å². The molecular formula is C46H79O10P. The van der Waals surface area contributed by atoms with E-state index >= 15 is 0 Å². The van der Waals surface area contributed by atoms with Crippen molar-refractivity contribution in [2.24, 2.45) is 0 Å². The van der Waals surface area contributed by atoms with Crippen LogP contribution in [0.25, 0.3) is 0 Å². The standard InChI is InChI=1S/C46H79O10P/c1-3-5-7-9-11-13-15-17-19-20-21-22-24-25-27-29-31-33-35-37-45(49)53-41-44(42-55-57(51,52)54-40-43(48)39-47)56-46(50)38-36-34-32-30-28-26-23-18-16-14-12-10-8-6-4-2/h5,7,11,13,17-19,21-23,25,27,43-44,47-48H,3-4,6,8-10,12,14-16,20,24,26,28-42H2,1-2H3,(H,51,52)/b7-5+,13-11+,19-17+,22-21+,23-18+,27-25+/t43-,44+/m0/s1. The summed E-state index contributed by atoms with van der Waals surface area (Å²) < 4.78 is 32.7. The molecule has 10 nitrogen and oxygen atoms in total. The zero-order valence-corrected chi connectivity index (χ0v) is 36.4. The fourth-order valence-corrected chi connectivity index (χ4v) is 6.27. The Balaban J connectivity index is 4.38. The van der Waals surface area contributed by atoms with Gasteiger partial charge in [0.25, 0.3) is 0 Å².